The van der Waals surface area contributed by atoms with Crippen LogP contribution in [-0.4, -0.2) is 22.0 Å². The average molecular weight is 375 g/mol. The second kappa shape index (κ2) is 7.76. The summed E-state index contributed by atoms with van der Waals surface area (Å²) in [6.07, 6.45) is 4.51. The number of thiophene rings is 1. The maximum Gasteiger partial charge on any atom is 0.261 e. The van der Waals surface area contributed by atoms with Crippen molar-refractivity contribution in [3.63, 3.8) is 0 Å². The normalized spacial score (nSPS) is 11.0. The summed E-state index contributed by atoms with van der Waals surface area (Å²) >= 11 is 1.55. The Bertz CT molecular complexity index is 1070. The van der Waals surface area contributed by atoms with Crippen LogP contribution in [0.15, 0.2) is 67.0 Å². The predicted octanol–water partition coefficient (Wildman–Crippen LogP) is 4.43. The van der Waals surface area contributed by atoms with Gasteiger partial charge in [0.05, 0.1) is 4.88 Å². The molecule has 0 saturated carbocycles. The van der Waals surface area contributed by atoms with Crippen LogP contribution >= 0.6 is 11.3 Å². The van der Waals surface area contributed by atoms with Crippen molar-refractivity contribution in [2.75, 3.05) is 6.54 Å². The van der Waals surface area contributed by atoms with Gasteiger partial charge >= 0.3 is 0 Å². The van der Waals surface area contributed by atoms with Crippen LogP contribution in [0.5, 0.6) is 0 Å². The first kappa shape index (κ1) is 17.5. The molecule has 0 unspecified atom stereocenters. The first-order valence-corrected chi connectivity index (χ1v) is 9.84. The number of aryl methyl sites for hydroxylation is 1. The molecule has 27 heavy (non-hydrogen) atoms. The fourth-order valence-electron chi connectivity index (χ4n) is 3.25. The van der Waals surface area contributed by atoms with E-state index in [0.717, 1.165) is 32.9 Å². The number of aromatic nitrogens is 2. The van der Waals surface area contributed by atoms with Gasteiger partial charge in [-0.3, -0.25) is 4.79 Å². The second-order valence-electron chi connectivity index (χ2n) is 6.52. The van der Waals surface area contributed by atoms with Gasteiger partial charge in [-0.25, -0.2) is 4.98 Å². The Morgan fingerprint density at radius 3 is 2.70 bits per heavy atom. The highest BCUT2D eigenvalue weighted by molar-refractivity contribution is 7.21. The molecular formula is C22H21N3OS. The predicted molar refractivity (Wildman–Crippen MR) is 110 cm³/mol. The molecule has 2 heterocycles. The molecule has 0 atom stereocenters. The van der Waals surface area contributed by atoms with Crippen molar-refractivity contribution in [1.29, 1.82) is 0 Å². The minimum Gasteiger partial charge on any atom is -0.351 e. The van der Waals surface area contributed by atoms with E-state index in [-0.39, 0.29) is 5.91 Å². The summed E-state index contributed by atoms with van der Waals surface area (Å²) in [5.74, 6) is 0.974. The minimum atomic E-state index is -0.00475. The van der Waals surface area contributed by atoms with E-state index in [1.807, 2.05) is 49.6 Å². The van der Waals surface area contributed by atoms with Gasteiger partial charge in [-0.1, -0.05) is 48.5 Å². The molecule has 2 aromatic heterocycles. The van der Waals surface area contributed by atoms with Crippen molar-refractivity contribution in [3.05, 3.63) is 88.8 Å². The van der Waals surface area contributed by atoms with E-state index in [9.17, 15) is 4.79 Å². The van der Waals surface area contributed by atoms with Crippen molar-refractivity contribution >= 4 is 27.3 Å². The molecule has 0 saturated heterocycles. The molecule has 0 bridgehead atoms. The first-order chi connectivity index (χ1) is 13.2. The maximum absolute atomic E-state index is 12.6. The molecule has 1 N–H and O–H groups in total. The zero-order valence-corrected chi connectivity index (χ0v) is 16.0. The summed E-state index contributed by atoms with van der Waals surface area (Å²) < 4.78 is 3.28. The van der Waals surface area contributed by atoms with Crippen LogP contribution in [0.2, 0.25) is 0 Å². The molecule has 4 aromatic rings. The smallest absolute Gasteiger partial charge is 0.261 e. The summed E-state index contributed by atoms with van der Waals surface area (Å²) in [6, 6.07) is 18.5. The Morgan fingerprint density at radius 1 is 1.11 bits per heavy atom. The summed E-state index contributed by atoms with van der Waals surface area (Å²) in [6.45, 7) is 3.37. The molecule has 4 nitrogen and oxygen atoms in total. The molecule has 0 spiro atoms. The lowest BCUT2D eigenvalue weighted by Crippen LogP contribution is -2.26. The van der Waals surface area contributed by atoms with Crippen LogP contribution in [0, 0.1) is 6.92 Å². The third-order valence-corrected chi connectivity index (χ3v) is 5.95. The van der Waals surface area contributed by atoms with Gasteiger partial charge in [0.2, 0.25) is 0 Å². The van der Waals surface area contributed by atoms with Gasteiger partial charge in [-0.05, 0) is 29.5 Å². The van der Waals surface area contributed by atoms with Gasteiger partial charge in [0.25, 0.3) is 5.91 Å². The number of carbonyl (C=O) groups is 1. The molecule has 5 heteroatoms. The molecule has 0 aliphatic carbocycles. The zero-order chi connectivity index (χ0) is 18.6. The van der Waals surface area contributed by atoms with Crippen LogP contribution in [0.3, 0.4) is 0 Å². The molecule has 2 aromatic carbocycles. The lowest BCUT2D eigenvalue weighted by atomic mass is 10.1. The highest BCUT2D eigenvalue weighted by atomic mass is 32.1. The number of fused-ring (bicyclic) bond motifs is 1. The van der Waals surface area contributed by atoms with Gasteiger partial charge in [0.1, 0.15) is 5.82 Å². The number of hydrogen-bond donors (Lipinski definition) is 1. The number of imidazole rings is 1. The summed E-state index contributed by atoms with van der Waals surface area (Å²) in [5, 5.41) is 4.21. The third-order valence-electron chi connectivity index (χ3n) is 4.68. The van der Waals surface area contributed by atoms with Crippen molar-refractivity contribution in [2.24, 2.45) is 0 Å². The van der Waals surface area contributed by atoms with E-state index in [0.29, 0.717) is 13.0 Å². The van der Waals surface area contributed by atoms with Crippen molar-refractivity contribution in [2.45, 2.75) is 19.9 Å². The molecule has 0 aliphatic rings. The fourth-order valence-corrected chi connectivity index (χ4v) is 4.38. The molecule has 136 valence electrons. The van der Waals surface area contributed by atoms with Gasteiger partial charge in [-0.15, -0.1) is 11.3 Å². The number of rotatable bonds is 6. The van der Waals surface area contributed by atoms with Gasteiger partial charge < -0.3 is 9.88 Å². The number of amides is 1. The van der Waals surface area contributed by atoms with Crippen molar-refractivity contribution in [3.8, 4) is 0 Å². The van der Waals surface area contributed by atoms with Crippen LogP contribution < -0.4 is 5.32 Å². The Balaban J connectivity index is 1.39. The largest absolute Gasteiger partial charge is 0.351 e. The first-order valence-electron chi connectivity index (χ1n) is 9.02. The van der Waals surface area contributed by atoms with E-state index in [4.69, 9.17) is 0 Å². The Hall–Kier alpha value is -2.92. The number of carbonyl (C=O) groups excluding carboxylic acids is 1. The van der Waals surface area contributed by atoms with E-state index < -0.39 is 0 Å². The summed E-state index contributed by atoms with van der Waals surface area (Å²) in [5.41, 5.74) is 2.29. The van der Waals surface area contributed by atoms with Crippen LogP contribution in [-0.2, 0) is 13.0 Å². The average Bonchev–Trinajstić information content (AvgIpc) is 3.27. The number of nitrogens with one attached hydrogen (secondary N) is 1. The van der Waals surface area contributed by atoms with E-state index in [2.05, 4.69) is 39.1 Å². The van der Waals surface area contributed by atoms with Gasteiger partial charge in [0, 0.05) is 36.6 Å². The van der Waals surface area contributed by atoms with E-state index in [1.54, 1.807) is 11.3 Å². The van der Waals surface area contributed by atoms with Crippen molar-refractivity contribution < 1.29 is 4.79 Å². The fraction of sp³-hybridized carbons (Fsp3) is 0.182. The molecule has 1 amide bonds. The highest BCUT2D eigenvalue weighted by Gasteiger charge is 2.15. The van der Waals surface area contributed by atoms with Crippen LogP contribution in [0.1, 0.15) is 26.6 Å². The number of nitrogens with zero attached hydrogens (tertiary/aromatic N) is 2. The van der Waals surface area contributed by atoms with Crippen LogP contribution in [0.25, 0.3) is 10.1 Å². The van der Waals surface area contributed by atoms with Gasteiger partial charge in [0.15, 0.2) is 0 Å². The molecule has 0 aliphatic heterocycles. The topological polar surface area (TPSA) is 46.9 Å². The van der Waals surface area contributed by atoms with Crippen molar-refractivity contribution in [1.82, 2.24) is 14.9 Å². The van der Waals surface area contributed by atoms with Crippen LogP contribution in [0.4, 0.5) is 0 Å². The van der Waals surface area contributed by atoms with E-state index in [1.165, 1.54) is 5.56 Å². The molecule has 0 radical (unpaired) electrons. The second-order valence-corrected chi connectivity index (χ2v) is 7.57. The standard InChI is InChI=1S/C22H21N3OS/c1-16-18-9-5-6-10-19(18)27-21(16)22(26)24-12-11-20-23-13-14-25(20)15-17-7-3-2-4-8-17/h2-10,13-14H,11-12,15H2,1H3,(H,24,26). The number of benzene rings is 2. The molecule has 0 fully saturated rings. The van der Waals surface area contributed by atoms with Gasteiger partial charge in [-0.2, -0.15) is 0 Å². The lowest BCUT2D eigenvalue weighted by Gasteiger charge is -2.09. The minimum absolute atomic E-state index is 0.00475. The number of hydrogen-bond acceptors (Lipinski definition) is 3. The summed E-state index contributed by atoms with van der Waals surface area (Å²) in [7, 11) is 0. The molecule has 4 rings (SSSR count). The molecular weight excluding hydrogens is 354 g/mol. The zero-order valence-electron chi connectivity index (χ0n) is 15.2. The quantitative estimate of drug-likeness (QED) is 0.542. The summed E-state index contributed by atoms with van der Waals surface area (Å²) in [4.78, 5) is 17.9. The lowest BCUT2D eigenvalue weighted by molar-refractivity contribution is 0.0957. The highest BCUT2D eigenvalue weighted by Crippen LogP contribution is 2.30. The monoisotopic (exact) mass is 375 g/mol. The Morgan fingerprint density at radius 2 is 1.89 bits per heavy atom. The third kappa shape index (κ3) is 3.78. The Labute approximate surface area is 162 Å². The Kier molecular flexibility index (Phi) is 5.03. The SMILES string of the molecule is Cc1c(C(=O)NCCc2nccn2Cc2ccccc2)sc2ccccc12. The van der Waals surface area contributed by atoms with E-state index >= 15 is 0 Å². The maximum atomic E-state index is 12.6.